The van der Waals surface area contributed by atoms with Crippen molar-refractivity contribution in [2.45, 2.75) is 19.4 Å². The van der Waals surface area contributed by atoms with Crippen LogP contribution in [-0.4, -0.2) is 36.4 Å². The molecule has 1 fully saturated rings. The molecule has 102 valence electrons. The van der Waals surface area contributed by atoms with Gasteiger partial charge in [-0.3, -0.25) is 14.5 Å². The number of rotatable bonds is 4. The number of carbonyl (C=O) groups is 2. The molecule has 6 heteroatoms. The number of anilines is 1. The number of amides is 2. The van der Waals surface area contributed by atoms with Gasteiger partial charge in [-0.25, -0.2) is 4.39 Å². The fourth-order valence-electron chi connectivity index (χ4n) is 1.93. The van der Waals surface area contributed by atoms with Gasteiger partial charge in [0.05, 0.1) is 13.0 Å². The summed E-state index contributed by atoms with van der Waals surface area (Å²) in [6.45, 7) is 2.15. The van der Waals surface area contributed by atoms with Gasteiger partial charge in [-0.2, -0.15) is 0 Å². The topological polar surface area (TPSA) is 58.6 Å². The fourth-order valence-corrected chi connectivity index (χ4v) is 1.93. The van der Waals surface area contributed by atoms with Crippen LogP contribution in [0.4, 0.5) is 10.1 Å². The Kier molecular flexibility index (Phi) is 3.69. The van der Waals surface area contributed by atoms with Gasteiger partial charge in [0, 0.05) is 18.8 Å². The van der Waals surface area contributed by atoms with Crippen molar-refractivity contribution < 1.29 is 18.7 Å². The standard InChI is InChI=1S/C13H15FN2O3/c1-3-19-11-5-4-8(6-9(11)14)15-10-7-12(17)16(2)13(10)18/h4-6,10,15H,3,7H2,1-2H3. The maximum Gasteiger partial charge on any atom is 0.251 e. The fraction of sp³-hybridized carbons (Fsp3) is 0.385. The number of likely N-dealkylation sites (tertiary alicyclic amines) is 1. The minimum Gasteiger partial charge on any atom is -0.491 e. The molecule has 5 nitrogen and oxygen atoms in total. The highest BCUT2D eigenvalue weighted by Crippen LogP contribution is 2.23. The molecule has 1 heterocycles. The Morgan fingerprint density at radius 3 is 2.74 bits per heavy atom. The summed E-state index contributed by atoms with van der Waals surface area (Å²) in [7, 11) is 1.44. The van der Waals surface area contributed by atoms with Crippen molar-refractivity contribution in [2.75, 3.05) is 19.0 Å². The Labute approximate surface area is 110 Å². The van der Waals surface area contributed by atoms with Gasteiger partial charge >= 0.3 is 0 Å². The summed E-state index contributed by atoms with van der Waals surface area (Å²) in [6, 6.07) is 3.73. The van der Waals surface area contributed by atoms with Gasteiger partial charge < -0.3 is 10.1 Å². The first kappa shape index (κ1) is 13.3. The molecule has 0 aromatic heterocycles. The van der Waals surface area contributed by atoms with Crippen LogP contribution in [0.15, 0.2) is 18.2 Å². The Balaban J connectivity index is 2.10. The van der Waals surface area contributed by atoms with Gasteiger partial charge in [-0.1, -0.05) is 0 Å². The van der Waals surface area contributed by atoms with Crippen LogP contribution >= 0.6 is 0 Å². The van der Waals surface area contributed by atoms with E-state index in [1.807, 2.05) is 0 Å². The summed E-state index contributed by atoms with van der Waals surface area (Å²) >= 11 is 0. The van der Waals surface area contributed by atoms with E-state index in [-0.39, 0.29) is 24.0 Å². The predicted octanol–water partition coefficient (Wildman–Crippen LogP) is 1.39. The number of imide groups is 1. The van der Waals surface area contributed by atoms with E-state index in [1.165, 1.54) is 19.2 Å². The number of halogens is 1. The van der Waals surface area contributed by atoms with E-state index in [0.717, 1.165) is 4.90 Å². The average molecular weight is 266 g/mol. The van der Waals surface area contributed by atoms with Crippen molar-refractivity contribution in [3.05, 3.63) is 24.0 Å². The van der Waals surface area contributed by atoms with Gasteiger partial charge in [-0.05, 0) is 19.1 Å². The number of benzene rings is 1. The number of hydrogen-bond acceptors (Lipinski definition) is 4. The van der Waals surface area contributed by atoms with Crippen LogP contribution in [0.5, 0.6) is 5.75 Å². The first-order chi connectivity index (χ1) is 9.02. The molecule has 0 aliphatic carbocycles. The summed E-state index contributed by atoms with van der Waals surface area (Å²) < 4.78 is 18.7. The summed E-state index contributed by atoms with van der Waals surface area (Å²) in [5.41, 5.74) is 0.447. The van der Waals surface area contributed by atoms with E-state index >= 15 is 0 Å². The summed E-state index contributed by atoms with van der Waals surface area (Å²) in [5, 5.41) is 2.85. The molecule has 1 atom stereocenters. The number of carbonyl (C=O) groups excluding carboxylic acids is 2. The van der Waals surface area contributed by atoms with Crippen molar-refractivity contribution in [1.82, 2.24) is 4.90 Å². The van der Waals surface area contributed by atoms with Crippen LogP contribution < -0.4 is 10.1 Å². The third-order valence-electron chi connectivity index (χ3n) is 2.95. The highest BCUT2D eigenvalue weighted by Gasteiger charge is 2.35. The first-order valence-corrected chi connectivity index (χ1v) is 6.02. The number of likely N-dealkylation sites (N-methyl/N-ethyl adjacent to an activating group) is 1. The SMILES string of the molecule is CCOc1ccc(NC2CC(=O)N(C)C2=O)cc1F. The van der Waals surface area contributed by atoms with Gasteiger partial charge in [0.15, 0.2) is 11.6 Å². The second-order valence-electron chi connectivity index (χ2n) is 4.27. The van der Waals surface area contributed by atoms with Gasteiger partial charge in [0.2, 0.25) is 5.91 Å². The van der Waals surface area contributed by atoms with Crippen LogP contribution in [0.2, 0.25) is 0 Å². The molecular weight excluding hydrogens is 251 g/mol. The minimum atomic E-state index is -0.630. The molecule has 1 unspecified atom stereocenters. The molecule has 1 aliphatic heterocycles. The molecule has 1 saturated heterocycles. The maximum absolute atomic E-state index is 13.6. The van der Waals surface area contributed by atoms with Crippen LogP contribution in [0.1, 0.15) is 13.3 Å². The van der Waals surface area contributed by atoms with Crippen LogP contribution in [0.25, 0.3) is 0 Å². The second-order valence-corrected chi connectivity index (χ2v) is 4.27. The molecule has 2 rings (SSSR count). The van der Waals surface area contributed by atoms with E-state index in [1.54, 1.807) is 13.0 Å². The van der Waals surface area contributed by atoms with E-state index < -0.39 is 11.9 Å². The third kappa shape index (κ3) is 2.67. The van der Waals surface area contributed by atoms with E-state index in [4.69, 9.17) is 4.74 Å². The number of ether oxygens (including phenoxy) is 1. The number of hydrogen-bond donors (Lipinski definition) is 1. The van der Waals surface area contributed by atoms with Crippen LogP contribution in [-0.2, 0) is 9.59 Å². The van der Waals surface area contributed by atoms with Gasteiger partial charge in [-0.15, -0.1) is 0 Å². The Hall–Kier alpha value is -2.11. The Bertz CT molecular complexity index is 519. The molecule has 1 N–H and O–H groups in total. The lowest BCUT2D eigenvalue weighted by atomic mass is 10.2. The predicted molar refractivity (Wildman–Crippen MR) is 67.4 cm³/mol. The zero-order valence-corrected chi connectivity index (χ0v) is 10.8. The molecule has 0 spiro atoms. The van der Waals surface area contributed by atoms with Crippen molar-refractivity contribution in [2.24, 2.45) is 0 Å². The van der Waals surface area contributed by atoms with E-state index in [2.05, 4.69) is 5.32 Å². The number of nitrogens with zero attached hydrogens (tertiary/aromatic N) is 1. The molecule has 19 heavy (non-hydrogen) atoms. The lowest BCUT2D eigenvalue weighted by Crippen LogP contribution is -2.31. The second kappa shape index (κ2) is 5.26. The van der Waals surface area contributed by atoms with Gasteiger partial charge in [0.25, 0.3) is 5.91 Å². The van der Waals surface area contributed by atoms with Crippen molar-refractivity contribution in [1.29, 1.82) is 0 Å². The molecule has 0 radical (unpaired) electrons. The average Bonchev–Trinajstić information content (AvgIpc) is 2.61. The van der Waals surface area contributed by atoms with Crippen molar-refractivity contribution in [3.8, 4) is 5.75 Å². The molecular formula is C13H15FN2O3. The summed E-state index contributed by atoms with van der Waals surface area (Å²) in [6.07, 6.45) is 0.0875. The normalized spacial score (nSPS) is 18.9. The van der Waals surface area contributed by atoms with Crippen molar-refractivity contribution in [3.63, 3.8) is 0 Å². The zero-order chi connectivity index (χ0) is 14.0. The van der Waals surface area contributed by atoms with Gasteiger partial charge in [0.1, 0.15) is 6.04 Å². The summed E-state index contributed by atoms with van der Waals surface area (Å²) in [4.78, 5) is 24.1. The largest absolute Gasteiger partial charge is 0.491 e. The van der Waals surface area contributed by atoms with Crippen LogP contribution in [0.3, 0.4) is 0 Å². The Morgan fingerprint density at radius 2 is 2.21 bits per heavy atom. The van der Waals surface area contributed by atoms with E-state index in [9.17, 15) is 14.0 Å². The highest BCUT2D eigenvalue weighted by molar-refractivity contribution is 6.06. The highest BCUT2D eigenvalue weighted by atomic mass is 19.1. The number of nitrogens with one attached hydrogen (secondary N) is 1. The molecule has 1 aliphatic rings. The smallest absolute Gasteiger partial charge is 0.251 e. The quantitative estimate of drug-likeness (QED) is 0.837. The third-order valence-corrected chi connectivity index (χ3v) is 2.95. The molecule has 1 aromatic rings. The minimum absolute atomic E-state index is 0.0875. The zero-order valence-electron chi connectivity index (χ0n) is 10.8. The van der Waals surface area contributed by atoms with Crippen LogP contribution in [0, 0.1) is 5.82 Å². The molecule has 2 amide bonds. The first-order valence-electron chi connectivity index (χ1n) is 6.02. The molecule has 1 aromatic carbocycles. The monoisotopic (exact) mass is 266 g/mol. The molecule has 0 bridgehead atoms. The van der Waals surface area contributed by atoms with Crippen molar-refractivity contribution >= 4 is 17.5 Å². The van der Waals surface area contributed by atoms with E-state index in [0.29, 0.717) is 12.3 Å². The maximum atomic E-state index is 13.6. The summed E-state index contributed by atoms with van der Waals surface area (Å²) in [5.74, 6) is -0.885. The lowest BCUT2D eigenvalue weighted by Gasteiger charge is -2.13. The molecule has 0 saturated carbocycles. The Morgan fingerprint density at radius 1 is 1.47 bits per heavy atom. The lowest BCUT2D eigenvalue weighted by molar-refractivity contribution is -0.136.